The molecule has 0 saturated carbocycles. The first kappa shape index (κ1) is 13.5. The molecule has 0 bridgehead atoms. The Morgan fingerprint density at radius 2 is 2.12 bits per heavy atom. The van der Waals surface area contributed by atoms with Crippen LogP contribution in [0.4, 0.5) is 0 Å². The van der Waals surface area contributed by atoms with Gasteiger partial charge in [-0.05, 0) is 33.7 Å². The van der Waals surface area contributed by atoms with E-state index >= 15 is 0 Å². The van der Waals surface area contributed by atoms with Crippen molar-refractivity contribution in [3.8, 4) is 0 Å². The first-order valence-corrected chi connectivity index (χ1v) is 6.16. The normalized spacial score (nSPS) is 26.9. The van der Waals surface area contributed by atoms with E-state index in [2.05, 4.69) is 25.7 Å². The number of rotatable bonds is 3. The first-order chi connectivity index (χ1) is 7.44. The van der Waals surface area contributed by atoms with Crippen molar-refractivity contribution in [2.75, 3.05) is 26.7 Å². The van der Waals surface area contributed by atoms with E-state index in [1.165, 1.54) is 0 Å². The van der Waals surface area contributed by atoms with E-state index < -0.39 is 0 Å². The molecule has 0 radical (unpaired) electrons. The number of carbonyl (C=O) groups is 1. The van der Waals surface area contributed by atoms with Crippen LogP contribution in [0.1, 0.15) is 33.6 Å². The van der Waals surface area contributed by atoms with Crippen LogP contribution >= 0.6 is 0 Å². The van der Waals surface area contributed by atoms with E-state index in [-0.39, 0.29) is 17.5 Å². The molecule has 1 atom stereocenters. The Bertz CT molecular complexity index is 253. The van der Waals surface area contributed by atoms with Crippen molar-refractivity contribution in [1.82, 2.24) is 9.80 Å². The van der Waals surface area contributed by atoms with E-state index in [1.54, 1.807) is 0 Å². The van der Waals surface area contributed by atoms with Crippen LogP contribution in [0, 0.1) is 0 Å². The summed E-state index contributed by atoms with van der Waals surface area (Å²) >= 11 is 0. The fourth-order valence-electron chi connectivity index (χ4n) is 2.32. The van der Waals surface area contributed by atoms with Gasteiger partial charge in [-0.3, -0.25) is 9.69 Å². The monoisotopic (exact) mass is 227 g/mol. The maximum absolute atomic E-state index is 12.4. The van der Waals surface area contributed by atoms with Crippen molar-refractivity contribution >= 4 is 5.91 Å². The molecule has 4 nitrogen and oxygen atoms in total. The molecular weight excluding hydrogens is 202 g/mol. The van der Waals surface area contributed by atoms with Gasteiger partial charge in [-0.2, -0.15) is 0 Å². The fraction of sp³-hybridized carbons (Fsp3) is 0.917. The molecule has 1 saturated heterocycles. The zero-order chi connectivity index (χ0) is 12.3. The molecule has 0 aromatic rings. The summed E-state index contributed by atoms with van der Waals surface area (Å²) < 4.78 is 0. The molecule has 1 heterocycles. The van der Waals surface area contributed by atoms with Crippen LogP contribution in [0.3, 0.4) is 0 Å². The summed E-state index contributed by atoms with van der Waals surface area (Å²) in [5, 5.41) is 0. The number of nitrogens with two attached hydrogens (primary N) is 1. The van der Waals surface area contributed by atoms with Gasteiger partial charge in [0.25, 0.3) is 0 Å². The molecule has 4 heteroatoms. The van der Waals surface area contributed by atoms with E-state index in [0.29, 0.717) is 6.54 Å². The molecule has 0 aliphatic carbocycles. The predicted molar refractivity (Wildman–Crippen MR) is 66.2 cm³/mol. The summed E-state index contributed by atoms with van der Waals surface area (Å²) in [6, 6.07) is -0.145. The lowest BCUT2D eigenvalue weighted by Crippen LogP contribution is -2.53. The Labute approximate surface area is 98.8 Å². The van der Waals surface area contributed by atoms with Gasteiger partial charge < -0.3 is 10.6 Å². The summed E-state index contributed by atoms with van der Waals surface area (Å²) in [6.07, 6.45) is 2.00. The molecule has 0 spiro atoms. The highest BCUT2D eigenvalue weighted by Gasteiger charge is 2.38. The van der Waals surface area contributed by atoms with Crippen LogP contribution < -0.4 is 5.73 Å². The Morgan fingerprint density at radius 3 is 2.62 bits per heavy atom. The SMILES string of the molecule is CCCN1C(=O)C(CN)N(C)CCC1(C)C. The lowest BCUT2D eigenvalue weighted by atomic mass is 9.98. The smallest absolute Gasteiger partial charge is 0.241 e. The van der Waals surface area contributed by atoms with Crippen LogP contribution in [-0.2, 0) is 4.79 Å². The van der Waals surface area contributed by atoms with Gasteiger partial charge in [0.05, 0.1) is 0 Å². The average molecular weight is 227 g/mol. The predicted octanol–water partition coefficient (Wildman–Crippen LogP) is 0.666. The zero-order valence-corrected chi connectivity index (χ0v) is 11.0. The van der Waals surface area contributed by atoms with Crippen LogP contribution in [0.15, 0.2) is 0 Å². The highest BCUT2D eigenvalue weighted by atomic mass is 16.2. The van der Waals surface area contributed by atoms with Gasteiger partial charge in [-0.1, -0.05) is 6.92 Å². The Morgan fingerprint density at radius 1 is 1.50 bits per heavy atom. The van der Waals surface area contributed by atoms with Gasteiger partial charge in [0.15, 0.2) is 0 Å². The third-order valence-electron chi connectivity index (χ3n) is 3.56. The number of amides is 1. The highest BCUT2D eigenvalue weighted by Crippen LogP contribution is 2.25. The standard InChI is InChI=1S/C12H25N3O/c1-5-7-15-11(16)10(9-13)14(4)8-6-12(15,2)3/h10H,5-9,13H2,1-4H3. The van der Waals surface area contributed by atoms with Gasteiger partial charge in [0, 0.05) is 25.2 Å². The summed E-state index contributed by atoms with van der Waals surface area (Å²) in [4.78, 5) is 16.5. The first-order valence-electron chi connectivity index (χ1n) is 6.16. The van der Waals surface area contributed by atoms with E-state index in [9.17, 15) is 4.79 Å². The molecule has 0 aromatic heterocycles. The highest BCUT2D eigenvalue weighted by molar-refractivity contribution is 5.83. The lowest BCUT2D eigenvalue weighted by Gasteiger charge is -2.37. The van der Waals surface area contributed by atoms with E-state index in [0.717, 1.165) is 25.9 Å². The largest absolute Gasteiger partial charge is 0.336 e. The van der Waals surface area contributed by atoms with Crippen molar-refractivity contribution in [3.05, 3.63) is 0 Å². The zero-order valence-electron chi connectivity index (χ0n) is 11.0. The molecule has 16 heavy (non-hydrogen) atoms. The van der Waals surface area contributed by atoms with Gasteiger partial charge in [-0.25, -0.2) is 0 Å². The molecule has 0 aromatic carbocycles. The minimum Gasteiger partial charge on any atom is -0.336 e. The Balaban J connectivity index is 2.95. The van der Waals surface area contributed by atoms with Crippen LogP contribution in [0.2, 0.25) is 0 Å². The Hall–Kier alpha value is -0.610. The van der Waals surface area contributed by atoms with Gasteiger partial charge in [0.1, 0.15) is 6.04 Å². The van der Waals surface area contributed by atoms with Gasteiger partial charge >= 0.3 is 0 Å². The third kappa shape index (κ3) is 2.55. The number of hydrogen-bond donors (Lipinski definition) is 1. The third-order valence-corrected chi connectivity index (χ3v) is 3.56. The van der Waals surface area contributed by atoms with E-state index in [4.69, 9.17) is 5.73 Å². The van der Waals surface area contributed by atoms with E-state index in [1.807, 2.05) is 11.9 Å². The Kier molecular flexibility index (Phi) is 4.33. The second kappa shape index (κ2) is 5.15. The number of carbonyl (C=O) groups excluding carboxylic acids is 1. The van der Waals surface area contributed by atoms with Gasteiger partial charge in [-0.15, -0.1) is 0 Å². The lowest BCUT2D eigenvalue weighted by molar-refractivity contribution is -0.139. The van der Waals surface area contributed by atoms with Crippen LogP contribution in [-0.4, -0.2) is 54.0 Å². The maximum Gasteiger partial charge on any atom is 0.241 e. The fourth-order valence-corrected chi connectivity index (χ4v) is 2.32. The summed E-state index contributed by atoms with van der Waals surface area (Å²) in [7, 11) is 1.99. The van der Waals surface area contributed by atoms with Crippen molar-refractivity contribution < 1.29 is 4.79 Å². The van der Waals surface area contributed by atoms with Crippen LogP contribution in [0.25, 0.3) is 0 Å². The molecule has 1 aliphatic rings. The van der Waals surface area contributed by atoms with Crippen molar-refractivity contribution in [3.63, 3.8) is 0 Å². The molecule has 2 N–H and O–H groups in total. The summed E-state index contributed by atoms with van der Waals surface area (Å²) in [6.45, 7) is 8.57. The second-order valence-corrected chi connectivity index (χ2v) is 5.28. The van der Waals surface area contributed by atoms with Crippen molar-refractivity contribution in [2.45, 2.75) is 45.2 Å². The molecule has 1 amide bonds. The number of nitrogens with zero attached hydrogens (tertiary/aromatic N) is 2. The number of likely N-dealkylation sites (N-methyl/N-ethyl adjacent to an activating group) is 1. The van der Waals surface area contributed by atoms with Crippen molar-refractivity contribution in [1.29, 1.82) is 0 Å². The topological polar surface area (TPSA) is 49.6 Å². The average Bonchev–Trinajstić information content (AvgIpc) is 2.30. The molecule has 1 fully saturated rings. The molecule has 94 valence electrons. The second-order valence-electron chi connectivity index (χ2n) is 5.28. The summed E-state index contributed by atoms with van der Waals surface area (Å²) in [5.74, 6) is 0.189. The van der Waals surface area contributed by atoms with Crippen LogP contribution in [0.5, 0.6) is 0 Å². The number of hydrogen-bond acceptors (Lipinski definition) is 3. The minimum absolute atomic E-state index is 0.0503. The molecule has 1 aliphatic heterocycles. The maximum atomic E-state index is 12.4. The molecule has 1 rings (SSSR count). The minimum atomic E-state index is -0.145. The summed E-state index contributed by atoms with van der Waals surface area (Å²) in [5.41, 5.74) is 5.66. The van der Waals surface area contributed by atoms with Gasteiger partial charge in [0.2, 0.25) is 5.91 Å². The molecular formula is C12H25N3O. The quantitative estimate of drug-likeness (QED) is 0.771. The van der Waals surface area contributed by atoms with Crippen molar-refractivity contribution in [2.24, 2.45) is 5.73 Å². The molecule has 1 unspecified atom stereocenters.